The van der Waals surface area contributed by atoms with Crippen LogP contribution in [0.5, 0.6) is 0 Å². The van der Waals surface area contributed by atoms with Crippen molar-refractivity contribution in [3.8, 4) is 22.6 Å². The molecule has 4 rings (SSSR count). The van der Waals surface area contributed by atoms with Gasteiger partial charge in [-0.2, -0.15) is 0 Å². The van der Waals surface area contributed by atoms with E-state index in [1.54, 1.807) is 23.8 Å². The highest BCUT2D eigenvalue weighted by atomic mass is 16.5. The van der Waals surface area contributed by atoms with E-state index in [9.17, 15) is 9.59 Å². The van der Waals surface area contributed by atoms with Crippen molar-refractivity contribution in [2.24, 2.45) is 5.92 Å². The molecule has 0 atom stereocenters. The van der Waals surface area contributed by atoms with Crippen LogP contribution in [0.3, 0.4) is 0 Å². The molecule has 4 aromatic rings. The van der Waals surface area contributed by atoms with Gasteiger partial charge in [0.15, 0.2) is 0 Å². The summed E-state index contributed by atoms with van der Waals surface area (Å²) in [5, 5.41) is 2.60. The number of carbonyl (C=O) groups excluding carboxylic acids is 1. The van der Waals surface area contributed by atoms with Gasteiger partial charge >= 0.3 is 6.09 Å². The highest BCUT2D eigenvalue weighted by Crippen LogP contribution is 2.33. The van der Waals surface area contributed by atoms with Crippen LogP contribution in [-0.2, 0) is 17.8 Å². The second-order valence-corrected chi connectivity index (χ2v) is 9.02. The Morgan fingerprint density at radius 1 is 1.25 bits per heavy atom. The summed E-state index contributed by atoms with van der Waals surface area (Å²) in [4.78, 5) is 38.7. The Kier molecular flexibility index (Phi) is 8.31. The van der Waals surface area contributed by atoms with E-state index < -0.39 is 6.09 Å². The van der Waals surface area contributed by atoms with Crippen molar-refractivity contribution in [1.82, 2.24) is 24.4 Å². The SMILES string of the molecule is C.CCOC(=O)Nc1nc2c(-c3ncc(CN(C)C)o3)cc(-c3ccn(CC(C)C)c(=O)c3)cc2[nH]1. The molecular formula is C26H34N6O4. The molecule has 0 spiro atoms. The van der Waals surface area contributed by atoms with Crippen molar-refractivity contribution in [2.45, 2.75) is 41.3 Å². The fourth-order valence-corrected chi connectivity index (χ4v) is 3.82. The molecule has 0 saturated carbocycles. The summed E-state index contributed by atoms with van der Waals surface area (Å²) in [5.41, 5.74) is 3.35. The Labute approximate surface area is 210 Å². The van der Waals surface area contributed by atoms with Crippen molar-refractivity contribution < 1.29 is 13.9 Å². The molecule has 0 aliphatic heterocycles. The number of anilines is 1. The molecule has 36 heavy (non-hydrogen) atoms. The van der Waals surface area contributed by atoms with Crippen LogP contribution in [0.15, 0.2) is 45.9 Å². The first-order chi connectivity index (χ1) is 16.7. The molecule has 1 amide bonds. The largest absolute Gasteiger partial charge is 0.450 e. The number of carbonyl (C=O) groups is 1. The third-order valence-corrected chi connectivity index (χ3v) is 5.23. The quantitative estimate of drug-likeness (QED) is 0.355. The van der Waals surface area contributed by atoms with E-state index >= 15 is 0 Å². The summed E-state index contributed by atoms with van der Waals surface area (Å²) in [6, 6.07) is 7.31. The minimum atomic E-state index is -0.605. The Balaban J connectivity index is 0.00000361. The number of hydrogen-bond acceptors (Lipinski definition) is 7. The number of fused-ring (bicyclic) bond motifs is 1. The second kappa shape index (κ2) is 11.2. The summed E-state index contributed by atoms with van der Waals surface area (Å²) in [5.74, 6) is 1.71. The molecule has 0 unspecified atom stereocenters. The zero-order chi connectivity index (χ0) is 25.1. The molecule has 0 radical (unpaired) electrons. The van der Waals surface area contributed by atoms with Crippen molar-refractivity contribution in [3.05, 3.63) is 52.8 Å². The zero-order valence-corrected chi connectivity index (χ0v) is 20.6. The fraction of sp³-hybridized carbons (Fsp3) is 0.385. The number of oxazole rings is 1. The minimum Gasteiger partial charge on any atom is -0.450 e. The molecule has 0 saturated heterocycles. The van der Waals surface area contributed by atoms with Crippen LogP contribution in [0.1, 0.15) is 34.0 Å². The molecule has 0 bridgehead atoms. The molecule has 0 aliphatic carbocycles. The van der Waals surface area contributed by atoms with Crippen molar-refractivity contribution in [2.75, 3.05) is 26.0 Å². The third-order valence-electron chi connectivity index (χ3n) is 5.23. The van der Waals surface area contributed by atoms with Crippen molar-refractivity contribution in [3.63, 3.8) is 0 Å². The smallest absolute Gasteiger partial charge is 0.413 e. The van der Waals surface area contributed by atoms with Gasteiger partial charge in [-0.1, -0.05) is 21.3 Å². The standard InChI is InChI=1S/C25H30N6O4.CH4/c1-6-34-25(33)29-24-27-20-10-17(16-7-8-31(13-15(2)3)21(32)11-16)9-19(22(20)28-24)23-26-12-18(35-23)14-30(4)5;/h7-12,15H,6,13-14H2,1-5H3,(H2,27,28,29,33);1H4. The van der Waals surface area contributed by atoms with Gasteiger partial charge in [-0.15, -0.1) is 0 Å². The second-order valence-electron chi connectivity index (χ2n) is 9.02. The summed E-state index contributed by atoms with van der Waals surface area (Å²) in [6.45, 7) is 7.36. The van der Waals surface area contributed by atoms with Gasteiger partial charge in [-0.05, 0) is 56.3 Å². The molecule has 0 fully saturated rings. The Bertz CT molecular complexity index is 1400. The predicted molar refractivity (Wildman–Crippen MR) is 141 cm³/mol. The number of nitrogens with one attached hydrogen (secondary N) is 2. The van der Waals surface area contributed by atoms with Gasteiger partial charge in [0, 0.05) is 18.8 Å². The molecular weight excluding hydrogens is 460 g/mol. The zero-order valence-electron chi connectivity index (χ0n) is 20.6. The topological polar surface area (TPSA) is 118 Å². The first-order valence-corrected chi connectivity index (χ1v) is 11.5. The van der Waals surface area contributed by atoms with E-state index in [1.165, 1.54) is 0 Å². The van der Waals surface area contributed by atoms with Crippen LogP contribution in [0.25, 0.3) is 33.6 Å². The lowest BCUT2D eigenvalue weighted by molar-refractivity contribution is 0.167. The highest BCUT2D eigenvalue weighted by molar-refractivity contribution is 5.96. The molecule has 1 aromatic carbocycles. The first kappa shape index (κ1) is 26.7. The minimum absolute atomic E-state index is 0. The highest BCUT2D eigenvalue weighted by Gasteiger charge is 2.18. The lowest BCUT2D eigenvalue weighted by atomic mass is 10.0. The maximum absolute atomic E-state index is 12.7. The van der Waals surface area contributed by atoms with Gasteiger partial charge in [-0.25, -0.2) is 14.8 Å². The van der Waals surface area contributed by atoms with Gasteiger partial charge in [0.25, 0.3) is 5.56 Å². The van der Waals surface area contributed by atoms with Gasteiger partial charge < -0.3 is 23.6 Å². The maximum atomic E-state index is 12.7. The average molecular weight is 495 g/mol. The van der Waals surface area contributed by atoms with Crippen LogP contribution < -0.4 is 10.9 Å². The van der Waals surface area contributed by atoms with Crippen LogP contribution in [0.4, 0.5) is 10.7 Å². The van der Waals surface area contributed by atoms with Gasteiger partial charge in [0.1, 0.15) is 11.3 Å². The third kappa shape index (κ3) is 6.01. The van der Waals surface area contributed by atoms with Crippen molar-refractivity contribution >= 4 is 23.1 Å². The molecule has 0 aliphatic rings. The van der Waals surface area contributed by atoms with Crippen molar-refractivity contribution in [1.29, 1.82) is 0 Å². The lowest BCUT2D eigenvalue weighted by Crippen LogP contribution is -2.20. The predicted octanol–water partition coefficient (Wildman–Crippen LogP) is 4.97. The summed E-state index contributed by atoms with van der Waals surface area (Å²) in [7, 11) is 3.90. The lowest BCUT2D eigenvalue weighted by Gasteiger charge is -2.10. The number of H-pyrrole nitrogens is 1. The van der Waals surface area contributed by atoms with Gasteiger partial charge in [-0.3, -0.25) is 10.1 Å². The first-order valence-electron chi connectivity index (χ1n) is 11.5. The number of benzene rings is 1. The number of aromatic nitrogens is 4. The summed E-state index contributed by atoms with van der Waals surface area (Å²) >= 11 is 0. The number of amides is 1. The average Bonchev–Trinajstić information content (AvgIpc) is 3.40. The monoisotopic (exact) mass is 494 g/mol. The molecule has 2 N–H and O–H groups in total. The summed E-state index contributed by atoms with van der Waals surface area (Å²) < 4.78 is 12.7. The number of imidazole rings is 1. The van der Waals surface area contributed by atoms with Crippen LogP contribution in [0, 0.1) is 5.92 Å². The number of aromatic amines is 1. The Morgan fingerprint density at radius 2 is 2.03 bits per heavy atom. The van der Waals surface area contributed by atoms with Crippen LogP contribution in [-0.4, -0.2) is 51.2 Å². The van der Waals surface area contributed by atoms with E-state index in [-0.39, 0.29) is 25.5 Å². The fourth-order valence-electron chi connectivity index (χ4n) is 3.82. The Morgan fingerprint density at radius 3 is 2.69 bits per heavy atom. The Hall–Kier alpha value is -3.92. The summed E-state index contributed by atoms with van der Waals surface area (Å²) in [6.07, 6.45) is 2.89. The molecule has 3 aromatic heterocycles. The number of pyridine rings is 1. The molecule has 10 heteroatoms. The normalized spacial score (nSPS) is 11.2. The maximum Gasteiger partial charge on any atom is 0.413 e. The number of rotatable bonds is 8. The van der Waals surface area contributed by atoms with E-state index in [2.05, 4.69) is 34.1 Å². The molecule has 10 nitrogen and oxygen atoms in total. The number of ether oxygens (including phenoxy) is 1. The van der Waals surface area contributed by atoms with Crippen LogP contribution >= 0.6 is 0 Å². The molecule has 192 valence electrons. The van der Waals surface area contributed by atoms with E-state index in [1.807, 2.05) is 43.4 Å². The van der Waals surface area contributed by atoms with Gasteiger partial charge in [0.05, 0.1) is 30.4 Å². The van der Waals surface area contributed by atoms with E-state index in [0.29, 0.717) is 47.3 Å². The van der Waals surface area contributed by atoms with Crippen LogP contribution in [0.2, 0.25) is 0 Å². The van der Waals surface area contributed by atoms with E-state index in [0.717, 1.165) is 11.1 Å². The van der Waals surface area contributed by atoms with Gasteiger partial charge in [0.2, 0.25) is 11.8 Å². The molecule has 3 heterocycles. The number of hydrogen-bond donors (Lipinski definition) is 2. The van der Waals surface area contributed by atoms with E-state index in [4.69, 9.17) is 9.15 Å². The number of nitrogens with zero attached hydrogens (tertiary/aromatic N) is 4.